The van der Waals surface area contributed by atoms with Gasteiger partial charge < -0.3 is 9.84 Å². The Morgan fingerprint density at radius 2 is 1.74 bits per heavy atom. The fraction of sp³-hybridized carbons (Fsp3) is 0.208. The molecule has 3 heterocycles. The van der Waals surface area contributed by atoms with Crippen molar-refractivity contribution >= 4 is 32.7 Å². The van der Waals surface area contributed by atoms with Crippen LogP contribution in [0.4, 0.5) is 10.1 Å². The molecule has 1 aliphatic heterocycles. The number of aryl methyl sites for hydroxylation is 1. The van der Waals surface area contributed by atoms with Crippen LogP contribution in [-0.4, -0.2) is 41.9 Å². The summed E-state index contributed by atoms with van der Waals surface area (Å²) >= 11 is 0. The van der Waals surface area contributed by atoms with Crippen molar-refractivity contribution in [3.63, 3.8) is 0 Å². The molecule has 0 radical (unpaired) electrons. The summed E-state index contributed by atoms with van der Waals surface area (Å²) in [5.74, 6) is -0.814. The van der Waals surface area contributed by atoms with E-state index in [0.717, 1.165) is 12.8 Å². The highest BCUT2D eigenvalue weighted by Crippen LogP contribution is 2.28. The smallest absolute Gasteiger partial charge is 0.259 e. The molecular weight excluding hydrogens is 459 g/mol. The Labute approximate surface area is 195 Å². The number of pyridine rings is 1. The van der Waals surface area contributed by atoms with E-state index in [0.29, 0.717) is 41.1 Å². The van der Waals surface area contributed by atoms with Crippen molar-refractivity contribution in [2.75, 3.05) is 18.4 Å². The first-order valence-electron chi connectivity index (χ1n) is 10.8. The van der Waals surface area contributed by atoms with Gasteiger partial charge in [-0.25, -0.2) is 17.8 Å². The number of carbonyl (C=O) groups excluding carboxylic acids is 1. The molecule has 10 heteroatoms. The lowest BCUT2D eigenvalue weighted by Crippen LogP contribution is -2.27. The number of fused-ring (bicyclic) bond motifs is 1. The van der Waals surface area contributed by atoms with Crippen molar-refractivity contribution in [1.82, 2.24) is 14.4 Å². The Morgan fingerprint density at radius 3 is 2.41 bits per heavy atom. The number of nitrogens with one attached hydrogen (secondary N) is 1. The van der Waals surface area contributed by atoms with Gasteiger partial charge in [0.1, 0.15) is 5.82 Å². The van der Waals surface area contributed by atoms with Crippen LogP contribution in [0.2, 0.25) is 0 Å². The summed E-state index contributed by atoms with van der Waals surface area (Å²) in [5, 5.41) is 7.19. The third-order valence-corrected chi connectivity index (χ3v) is 7.73. The minimum atomic E-state index is -3.54. The number of amides is 1. The van der Waals surface area contributed by atoms with Gasteiger partial charge in [-0.2, -0.15) is 4.31 Å². The summed E-state index contributed by atoms with van der Waals surface area (Å²) in [5.41, 5.74) is 2.47. The number of nitrogens with zero attached hydrogens (tertiary/aromatic N) is 3. The molecule has 0 bridgehead atoms. The lowest BCUT2D eigenvalue weighted by molar-refractivity contribution is 0.102. The first-order chi connectivity index (χ1) is 16.3. The number of rotatable bonds is 5. The van der Waals surface area contributed by atoms with E-state index in [2.05, 4.69) is 15.5 Å². The summed E-state index contributed by atoms with van der Waals surface area (Å²) in [6, 6.07) is 13.4. The lowest BCUT2D eigenvalue weighted by Gasteiger charge is -2.15. The summed E-state index contributed by atoms with van der Waals surface area (Å²) in [6.07, 6.45) is 1.71. The van der Waals surface area contributed by atoms with Gasteiger partial charge in [-0.15, -0.1) is 0 Å². The van der Waals surface area contributed by atoms with Gasteiger partial charge in [0.05, 0.1) is 27.2 Å². The predicted molar refractivity (Wildman–Crippen MR) is 124 cm³/mol. The average Bonchev–Trinajstić information content (AvgIpc) is 3.50. The second-order valence-corrected chi connectivity index (χ2v) is 10.0. The minimum Gasteiger partial charge on any atom is -0.335 e. The third kappa shape index (κ3) is 4.06. The number of aromatic nitrogens is 2. The van der Waals surface area contributed by atoms with Crippen LogP contribution in [-0.2, 0) is 10.0 Å². The fourth-order valence-corrected chi connectivity index (χ4v) is 5.55. The topological polar surface area (TPSA) is 105 Å². The predicted octanol–water partition coefficient (Wildman–Crippen LogP) is 4.37. The van der Waals surface area contributed by atoms with E-state index in [1.807, 2.05) is 0 Å². The van der Waals surface area contributed by atoms with Crippen molar-refractivity contribution < 1.29 is 22.1 Å². The number of halogens is 1. The molecule has 34 heavy (non-hydrogen) atoms. The van der Waals surface area contributed by atoms with Gasteiger partial charge in [0.15, 0.2) is 0 Å². The lowest BCUT2D eigenvalue weighted by atomic mass is 10.0. The molecule has 0 atom stereocenters. The van der Waals surface area contributed by atoms with Crippen LogP contribution < -0.4 is 5.32 Å². The average molecular weight is 481 g/mol. The van der Waals surface area contributed by atoms with Gasteiger partial charge in [0, 0.05) is 24.3 Å². The van der Waals surface area contributed by atoms with Crippen molar-refractivity contribution in [2.24, 2.45) is 0 Å². The second-order valence-electron chi connectivity index (χ2n) is 8.10. The molecule has 1 N–H and O–H groups in total. The first-order valence-corrected chi connectivity index (χ1v) is 12.2. The van der Waals surface area contributed by atoms with Gasteiger partial charge in [0.25, 0.3) is 11.6 Å². The Balaban J connectivity index is 1.45. The van der Waals surface area contributed by atoms with E-state index >= 15 is 0 Å². The maximum atomic E-state index is 13.3. The number of hydrogen-bond acceptors (Lipinski definition) is 6. The molecule has 1 fully saturated rings. The standard InChI is InChI=1S/C24H21FN4O4S/c1-15-22-20(14-21(27-24(22)33-28-15)16-4-6-17(25)7-5-16)23(30)26-18-8-10-19(11-9-18)34(31,32)29-12-2-3-13-29/h4-11,14H,2-3,12-13H2,1H3,(H,26,30). The highest BCUT2D eigenvalue weighted by Gasteiger charge is 2.27. The van der Waals surface area contributed by atoms with E-state index in [4.69, 9.17) is 4.52 Å². The molecule has 0 unspecified atom stereocenters. The van der Waals surface area contributed by atoms with E-state index in [9.17, 15) is 17.6 Å². The number of sulfonamides is 1. The quantitative estimate of drug-likeness (QED) is 0.455. The van der Waals surface area contributed by atoms with Gasteiger partial charge in [-0.05, 0) is 74.4 Å². The fourth-order valence-electron chi connectivity index (χ4n) is 4.03. The molecule has 1 saturated heterocycles. The summed E-state index contributed by atoms with van der Waals surface area (Å²) in [4.78, 5) is 17.8. The van der Waals surface area contributed by atoms with Gasteiger partial charge in [-0.3, -0.25) is 4.79 Å². The Kier molecular flexibility index (Phi) is 5.62. The third-order valence-electron chi connectivity index (χ3n) is 5.82. The van der Waals surface area contributed by atoms with E-state index in [1.54, 1.807) is 37.3 Å². The maximum absolute atomic E-state index is 13.3. The Hall–Kier alpha value is -3.63. The van der Waals surface area contributed by atoms with E-state index in [1.165, 1.54) is 28.6 Å². The molecule has 2 aromatic carbocycles. The van der Waals surface area contributed by atoms with Crippen LogP contribution in [0, 0.1) is 12.7 Å². The van der Waals surface area contributed by atoms with Gasteiger partial charge in [-0.1, -0.05) is 5.16 Å². The van der Waals surface area contributed by atoms with Gasteiger partial charge >= 0.3 is 0 Å². The molecule has 174 valence electrons. The molecule has 8 nitrogen and oxygen atoms in total. The molecule has 5 rings (SSSR count). The summed E-state index contributed by atoms with van der Waals surface area (Å²) in [7, 11) is -3.54. The van der Waals surface area contributed by atoms with Crippen molar-refractivity contribution in [3.05, 3.63) is 71.7 Å². The zero-order valence-electron chi connectivity index (χ0n) is 18.3. The monoisotopic (exact) mass is 480 g/mol. The zero-order chi connectivity index (χ0) is 23.9. The summed E-state index contributed by atoms with van der Waals surface area (Å²) < 4.78 is 45.6. The Bertz CT molecular complexity index is 1480. The number of benzene rings is 2. The Morgan fingerprint density at radius 1 is 1.06 bits per heavy atom. The van der Waals surface area contributed by atoms with Crippen LogP contribution in [0.25, 0.3) is 22.4 Å². The molecule has 0 saturated carbocycles. The van der Waals surface area contributed by atoms with Crippen LogP contribution in [0.1, 0.15) is 28.9 Å². The van der Waals surface area contributed by atoms with E-state index < -0.39 is 15.9 Å². The van der Waals surface area contributed by atoms with Crippen LogP contribution in [0.3, 0.4) is 0 Å². The molecule has 1 amide bonds. The van der Waals surface area contributed by atoms with Crippen LogP contribution >= 0.6 is 0 Å². The second kappa shape index (κ2) is 8.62. The number of carbonyl (C=O) groups is 1. The summed E-state index contributed by atoms with van der Waals surface area (Å²) in [6.45, 7) is 2.75. The van der Waals surface area contributed by atoms with E-state index in [-0.39, 0.29) is 22.0 Å². The van der Waals surface area contributed by atoms with Crippen molar-refractivity contribution in [2.45, 2.75) is 24.7 Å². The molecule has 0 spiro atoms. The maximum Gasteiger partial charge on any atom is 0.259 e. The van der Waals surface area contributed by atoms with Crippen molar-refractivity contribution in [3.8, 4) is 11.3 Å². The first kappa shape index (κ1) is 22.2. The highest BCUT2D eigenvalue weighted by atomic mass is 32.2. The number of anilines is 1. The minimum absolute atomic E-state index is 0.187. The molecule has 4 aromatic rings. The van der Waals surface area contributed by atoms with Crippen LogP contribution in [0.5, 0.6) is 0 Å². The zero-order valence-corrected chi connectivity index (χ0v) is 19.1. The highest BCUT2D eigenvalue weighted by molar-refractivity contribution is 7.89. The normalized spacial score (nSPS) is 14.5. The molecule has 2 aromatic heterocycles. The molecular formula is C24H21FN4O4S. The van der Waals surface area contributed by atoms with Gasteiger partial charge in [0.2, 0.25) is 10.0 Å². The molecule has 0 aliphatic carbocycles. The van der Waals surface area contributed by atoms with Crippen molar-refractivity contribution in [1.29, 1.82) is 0 Å². The largest absolute Gasteiger partial charge is 0.335 e. The number of hydrogen-bond donors (Lipinski definition) is 1. The van der Waals surface area contributed by atoms with Crippen LogP contribution in [0.15, 0.2) is 64.0 Å². The molecule has 1 aliphatic rings. The SMILES string of the molecule is Cc1noc2nc(-c3ccc(F)cc3)cc(C(=O)Nc3ccc(S(=O)(=O)N4CCCC4)cc3)c12.